The molecule has 0 aliphatic rings. The fourth-order valence-corrected chi connectivity index (χ4v) is 3.78. The molecule has 1 N–H and O–H groups in total. The van der Waals surface area contributed by atoms with Crippen LogP contribution in [0.25, 0.3) is 5.69 Å². The number of aromatic nitrogens is 2. The average molecular weight is 468 g/mol. The number of rotatable bonds is 13. The predicted molar refractivity (Wildman–Crippen MR) is 134 cm³/mol. The molecule has 0 saturated carbocycles. The lowest BCUT2D eigenvalue weighted by Gasteiger charge is -2.30. The van der Waals surface area contributed by atoms with E-state index in [9.17, 15) is 5.11 Å². The first-order valence-corrected chi connectivity index (χ1v) is 11.9. The van der Waals surface area contributed by atoms with Crippen LogP contribution in [0.5, 0.6) is 17.4 Å². The van der Waals surface area contributed by atoms with E-state index >= 15 is 0 Å². The van der Waals surface area contributed by atoms with Gasteiger partial charge in [-0.2, -0.15) is 5.10 Å². The van der Waals surface area contributed by atoms with E-state index in [0.29, 0.717) is 37.9 Å². The molecule has 0 saturated heterocycles. The smallest absolute Gasteiger partial charge is 0.227 e. The number of para-hydroxylation sites is 1. The molecule has 2 aromatic carbocycles. The van der Waals surface area contributed by atoms with Crippen LogP contribution in [0.2, 0.25) is 0 Å². The van der Waals surface area contributed by atoms with E-state index in [1.807, 2.05) is 73.1 Å². The standard InChI is InChI=1S/C27H37N3O4/c1-6-20(3)29(17-23(31)19-33-7-2)18-26-21(4)28-30(22-12-9-8-10-13-22)27(26)34-25-15-11-14-24(16-25)32-5/h8-16,20,23,31H,6-7,17-19H2,1-5H3. The molecule has 1 aromatic heterocycles. The quantitative estimate of drug-likeness (QED) is 0.382. The predicted octanol–water partition coefficient (Wildman–Crippen LogP) is 4.98. The molecule has 3 aromatic rings. The second-order valence-electron chi connectivity index (χ2n) is 8.40. The first-order valence-electron chi connectivity index (χ1n) is 11.9. The molecule has 0 aliphatic heterocycles. The summed E-state index contributed by atoms with van der Waals surface area (Å²) in [5.74, 6) is 2.05. The molecule has 3 rings (SSSR count). The van der Waals surface area contributed by atoms with Gasteiger partial charge in [0.2, 0.25) is 5.88 Å². The van der Waals surface area contributed by atoms with Gasteiger partial charge < -0.3 is 19.3 Å². The van der Waals surface area contributed by atoms with E-state index < -0.39 is 6.10 Å². The van der Waals surface area contributed by atoms with Crippen molar-refractivity contribution < 1.29 is 19.3 Å². The molecule has 0 spiro atoms. The second kappa shape index (κ2) is 12.6. The zero-order valence-electron chi connectivity index (χ0n) is 20.9. The van der Waals surface area contributed by atoms with Crippen molar-refractivity contribution in [1.82, 2.24) is 14.7 Å². The van der Waals surface area contributed by atoms with Crippen molar-refractivity contribution in [2.45, 2.75) is 52.8 Å². The van der Waals surface area contributed by atoms with E-state index in [2.05, 4.69) is 18.7 Å². The van der Waals surface area contributed by atoms with E-state index in [-0.39, 0.29) is 6.04 Å². The zero-order valence-corrected chi connectivity index (χ0v) is 20.9. The minimum Gasteiger partial charge on any atom is -0.497 e. The normalized spacial score (nSPS) is 13.1. The average Bonchev–Trinajstić information content (AvgIpc) is 3.17. The Kier molecular flexibility index (Phi) is 9.51. The highest BCUT2D eigenvalue weighted by Gasteiger charge is 2.24. The molecule has 0 radical (unpaired) electrons. The number of nitrogens with zero attached hydrogens (tertiary/aromatic N) is 3. The maximum atomic E-state index is 10.6. The van der Waals surface area contributed by atoms with E-state index in [0.717, 1.165) is 29.1 Å². The molecule has 2 atom stereocenters. The van der Waals surface area contributed by atoms with Gasteiger partial charge in [-0.15, -0.1) is 0 Å². The van der Waals surface area contributed by atoms with Crippen LogP contribution in [0.15, 0.2) is 54.6 Å². The lowest BCUT2D eigenvalue weighted by molar-refractivity contribution is 0.0111. The van der Waals surface area contributed by atoms with Gasteiger partial charge in [0.1, 0.15) is 11.5 Å². The Morgan fingerprint density at radius 3 is 2.47 bits per heavy atom. The number of hydrogen-bond donors (Lipinski definition) is 1. The highest BCUT2D eigenvalue weighted by molar-refractivity contribution is 5.44. The summed E-state index contributed by atoms with van der Waals surface area (Å²) in [6.07, 6.45) is 0.389. The maximum Gasteiger partial charge on any atom is 0.227 e. The molecule has 0 fully saturated rings. The molecule has 184 valence electrons. The lowest BCUT2D eigenvalue weighted by Crippen LogP contribution is -2.40. The zero-order chi connectivity index (χ0) is 24.5. The SMILES string of the molecule is CCOCC(O)CN(Cc1c(C)nn(-c2ccccc2)c1Oc1cccc(OC)c1)C(C)CC. The van der Waals surface area contributed by atoms with Crippen LogP contribution in [0.3, 0.4) is 0 Å². The van der Waals surface area contributed by atoms with Crippen molar-refractivity contribution in [1.29, 1.82) is 0 Å². The summed E-state index contributed by atoms with van der Waals surface area (Å²) in [7, 11) is 1.64. The van der Waals surface area contributed by atoms with E-state index in [4.69, 9.17) is 19.3 Å². The Hall–Kier alpha value is -2.87. The van der Waals surface area contributed by atoms with E-state index in [1.54, 1.807) is 7.11 Å². The van der Waals surface area contributed by atoms with E-state index in [1.165, 1.54) is 0 Å². The van der Waals surface area contributed by atoms with Crippen molar-refractivity contribution >= 4 is 0 Å². The lowest BCUT2D eigenvalue weighted by atomic mass is 10.1. The number of aryl methyl sites for hydroxylation is 1. The van der Waals surface area contributed by atoms with Crippen LogP contribution in [0.1, 0.15) is 38.4 Å². The van der Waals surface area contributed by atoms with Gasteiger partial charge in [0, 0.05) is 31.8 Å². The highest BCUT2D eigenvalue weighted by atomic mass is 16.5. The highest BCUT2D eigenvalue weighted by Crippen LogP contribution is 2.33. The largest absolute Gasteiger partial charge is 0.497 e. The third-order valence-corrected chi connectivity index (χ3v) is 5.93. The topological polar surface area (TPSA) is 69.0 Å². The van der Waals surface area contributed by atoms with Crippen LogP contribution >= 0.6 is 0 Å². The summed E-state index contributed by atoms with van der Waals surface area (Å²) >= 11 is 0. The molecule has 0 aliphatic carbocycles. The van der Waals surface area contributed by atoms with Gasteiger partial charge in [0.25, 0.3) is 0 Å². The number of benzene rings is 2. The number of ether oxygens (including phenoxy) is 3. The van der Waals surface area contributed by atoms with Gasteiger partial charge in [-0.05, 0) is 51.5 Å². The van der Waals surface area contributed by atoms with Crippen molar-refractivity contribution in [2.24, 2.45) is 0 Å². The van der Waals surface area contributed by atoms with Gasteiger partial charge in [0.15, 0.2) is 0 Å². The summed E-state index contributed by atoms with van der Waals surface area (Å²) in [5, 5.41) is 15.4. The van der Waals surface area contributed by atoms with Gasteiger partial charge in [0.05, 0.1) is 36.8 Å². The first-order chi connectivity index (χ1) is 16.5. The molecular weight excluding hydrogens is 430 g/mol. The van der Waals surface area contributed by atoms with Gasteiger partial charge >= 0.3 is 0 Å². The Bertz CT molecular complexity index is 1020. The maximum absolute atomic E-state index is 10.6. The summed E-state index contributed by atoms with van der Waals surface area (Å²) in [6.45, 7) is 10.3. The Morgan fingerprint density at radius 2 is 1.79 bits per heavy atom. The van der Waals surface area contributed by atoms with Gasteiger partial charge in [-0.1, -0.05) is 31.2 Å². The minimum absolute atomic E-state index is 0.264. The molecule has 0 bridgehead atoms. The fourth-order valence-electron chi connectivity index (χ4n) is 3.78. The van der Waals surface area contributed by atoms with Crippen LogP contribution in [-0.4, -0.2) is 58.8 Å². The number of methoxy groups -OCH3 is 1. The molecule has 7 heteroatoms. The van der Waals surface area contributed by atoms with Crippen LogP contribution < -0.4 is 9.47 Å². The van der Waals surface area contributed by atoms with Crippen LogP contribution in [-0.2, 0) is 11.3 Å². The Balaban J connectivity index is 1.99. The van der Waals surface area contributed by atoms with Gasteiger partial charge in [-0.3, -0.25) is 4.90 Å². The van der Waals surface area contributed by atoms with Crippen LogP contribution in [0.4, 0.5) is 0 Å². The molecule has 0 amide bonds. The van der Waals surface area contributed by atoms with Crippen molar-refractivity contribution in [3.63, 3.8) is 0 Å². The third-order valence-electron chi connectivity index (χ3n) is 5.93. The number of aliphatic hydroxyl groups is 1. The molecule has 7 nitrogen and oxygen atoms in total. The molecule has 34 heavy (non-hydrogen) atoms. The van der Waals surface area contributed by atoms with Gasteiger partial charge in [-0.25, -0.2) is 4.68 Å². The summed E-state index contributed by atoms with van der Waals surface area (Å²) < 4.78 is 19.1. The minimum atomic E-state index is -0.568. The van der Waals surface area contributed by atoms with Crippen molar-refractivity contribution in [2.75, 3.05) is 26.9 Å². The monoisotopic (exact) mass is 467 g/mol. The first kappa shape index (κ1) is 25.7. The summed E-state index contributed by atoms with van der Waals surface area (Å²) in [4.78, 5) is 2.27. The molecule has 2 unspecified atom stereocenters. The second-order valence-corrected chi connectivity index (χ2v) is 8.40. The summed E-state index contributed by atoms with van der Waals surface area (Å²) in [6, 6.07) is 17.8. The third kappa shape index (κ3) is 6.59. The van der Waals surface area contributed by atoms with Crippen LogP contribution in [0, 0.1) is 6.92 Å². The molecular formula is C27H37N3O4. The fraction of sp³-hybridized carbons (Fsp3) is 0.444. The van der Waals surface area contributed by atoms with Crippen molar-refractivity contribution in [3.05, 3.63) is 65.9 Å². The summed E-state index contributed by atoms with van der Waals surface area (Å²) in [5.41, 5.74) is 2.78. The Labute approximate surface area is 202 Å². The van der Waals surface area contributed by atoms with Crippen molar-refractivity contribution in [3.8, 4) is 23.1 Å². The molecule has 1 heterocycles. The number of hydrogen-bond acceptors (Lipinski definition) is 6. The Morgan fingerprint density at radius 1 is 1.06 bits per heavy atom. The number of aliphatic hydroxyl groups excluding tert-OH is 1.